The van der Waals surface area contributed by atoms with Crippen molar-refractivity contribution in [3.63, 3.8) is 0 Å². The number of rotatable bonds is 6. The molecule has 0 radical (unpaired) electrons. The number of aromatic nitrogens is 5. The highest BCUT2D eigenvalue weighted by Gasteiger charge is 2.34. The highest BCUT2D eigenvalue weighted by atomic mass is 19.1. The van der Waals surface area contributed by atoms with Gasteiger partial charge in [-0.15, -0.1) is 0 Å². The highest BCUT2D eigenvalue weighted by molar-refractivity contribution is 6.01. The second kappa shape index (κ2) is 9.21. The largest absolute Gasteiger partial charge is 0.508 e. The molecular formula is C28H26FN7O2. The van der Waals surface area contributed by atoms with E-state index in [1.165, 1.54) is 6.33 Å². The maximum Gasteiger partial charge on any atom is 0.319 e. The number of piperazine rings is 1. The fourth-order valence-electron chi connectivity index (χ4n) is 5.71. The van der Waals surface area contributed by atoms with Crippen molar-refractivity contribution in [3.05, 3.63) is 67.0 Å². The molecule has 4 heterocycles. The molecule has 7 rings (SSSR count). The van der Waals surface area contributed by atoms with Gasteiger partial charge in [0.15, 0.2) is 5.82 Å². The quantitative estimate of drug-likeness (QED) is 0.354. The molecule has 2 unspecified atom stereocenters. The van der Waals surface area contributed by atoms with Crippen molar-refractivity contribution in [2.24, 2.45) is 0 Å². The van der Waals surface area contributed by atoms with Crippen molar-refractivity contribution in [2.75, 3.05) is 24.6 Å². The van der Waals surface area contributed by atoms with Crippen LogP contribution in [0.4, 0.5) is 10.2 Å². The molecule has 5 aromatic rings. The first-order valence-electron chi connectivity index (χ1n) is 12.8. The molecule has 0 spiro atoms. The molecule has 192 valence electrons. The molecule has 2 saturated heterocycles. The average Bonchev–Trinajstić information content (AvgIpc) is 3.57. The minimum absolute atomic E-state index is 0.0787. The van der Waals surface area contributed by atoms with E-state index in [9.17, 15) is 5.11 Å². The molecule has 2 bridgehead atoms. The molecule has 2 fully saturated rings. The molecule has 0 saturated carbocycles. The summed E-state index contributed by atoms with van der Waals surface area (Å²) in [6.07, 6.45) is 5.31. The zero-order valence-electron chi connectivity index (χ0n) is 20.6. The van der Waals surface area contributed by atoms with Gasteiger partial charge in [0.25, 0.3) is 0 Å². The average molecular weight is 512 g/mol. The lowest BCUT2D eigenvalue weighted by Gasteiger charge is -2.34. The van der Waals surface area contributed by atoms with Gasteiger partial charge >= 0.3 is 6.01 Å². The number of hydrogen-bond donors (Lipinski definition) is 2. The number of anilines is 1. The van der Waals surface area contributed by atoms with E-state index < -0.39 is 5.82 Å². The SMILES string of the molecule is Oc1cc(-c2ccc3c(N4CC5CCC(C4)N5)nc(OCCn4cncn4)nc3c2F)c2ccccc2c1. The number of benzene rings is 3. The van der Waals surface area contributed by atoms with Gasteiger partial charge in [-0.05, 0) is 47.4 Å². The van der Waals surface area contributed by atoms with E-state index in [-0.39, 0.29) is 23.9 Å². The predicted octanol–water partition coefficient (Wildman–Crippen LogP) is 3.91. The number of nitrogens with zero attached hydrogens (tertiary/aromatic N) is 6. The lowest BCUT2D eigenvalue weighted by Crippen LogP contribution is -2.51. The van der Waals surface area contributed by atoms with E-state index in [0.717, 1.165) is 36.7 Å². The number of phenols is 1. The first kappa shape index (κ1) is 22.9. The van der Waals surface area contributed by atoms with Gasteiger partial charge in [-0.1, -0.05) is 30.3 Å². The van der Waals surface area contributed by atoms with Gasteiger partial charge in [0.1, 0.15) is 36.3 Å². The second-order valence-electron chi connectivity index (χ2n) is 9.92. The third-order valence-electron chi connectivity index (χ3n) is 7.44. The molecule has 2 N–H and O–H groups in total. The number of ether oxygens (including phenoxy) is 1. The van der Waals surface area contributed by atoms with Crippen molar-refractivity contribution < 1.29 is 14.2 Å². The van der Waals surface area contributed by atoms with Crippen LogP contribution < -0.4 is 15.0 Å². The molecule has 2 aliphatic rings. The van der Waals surface area contributed by atoms with E-state index in [4.69, 9.17) is 9.72 Å². The number of halogens is 1. The standard InChI is InChI=1S/C28H26FN7O2/c29-25-22(24-12-20(37)11-17-3-1-2-4-21(17)24)7-8-23-26(25)33-28(38-10-9-36-16-30-15-31-36)34-27(23)35-13-18-5-6-19(14-35)32-18/h1-4,7-8,11-12,15-16,18-19,32,37H,5-6,9-10,13-14H2. The minimum atomic E-state index is -0.471. The van der Waals surface area contributed by atoms with Crippen LogP contribution in [0.2, 0.25) is 0 Å². The molecule has 3 aromatic carbocycles. The van der Waals surface area contributed by atoms with Crippen LogP contribution in [0.15, 0.2) is 61.2 Å². The highest BCUT2D eigenvalue weighted by Crippen LogP contribution is 2.38. The summed E-state index contributed by atoms with van der Waals surface area (Å²) in [7, 11) is 0. The van der Waals surface area contributed by atoms with Crippen molar-refractivity contribution in [1.82, 2.24) is 30.0 Å². The van der Waals surface area contributed by atoms with Crippen molar-refractivity contribution >= 4 is 27.5 Å². The van der Waals surface area contributed by atoms with E-state index in [0.29, 0.717) is 41.0 Å². The summed E-state index contributed by atoms with van der Waals surface area (Å²) in [5.41, 5.74) is 1.17. The van der Waals surface area contributed by atoms with E-state index in [2.05, 4.69) is 25.3 Å². The van der Waals surface area contributed by atoms with Gasteiger partial charge < -0.3 is 20.1 Å². The molecule has 10 heteroatoms. The fraction of sp³-hybridized carbons (Fsp3) is 0.286. The summed E-state index contributed by atoms with van der Waals surface area (Å²) in [6.45, 7) is 2.31. The van der Waals surface area contributed by atoms with Crippen molar-refractivity contribution in [2.45, 2.75) is 31.5 Å². The van der Waals surface area contributed by atoms with Crippen LogP contribution in [0.1, 0.15) is 12.8 Å². The van der Waals surface area contributed by atoms with Gasteiger partial charge in [-0.2, -0.15) is 15.1 Å². The first-order valence-corrected chi connectivity index (χ1v) is 12.8. The Balaban J connectivity index is 1.34. The van der Waals surface area contributed by atoms with Gasteiger partial charge in [0.2, 0.25) is 0 Å². The number of fused-ring (bicyclic) bond motifs is 4. The topological polar surface area (TPSA) is 101 Å². The Morgan fingerprint density at radius 2 is 1.84 bits per heavy atom. The fourth-order valence-corrected chi connectivity index (χ4v) is 5.71. The smallest absolute Gasteiger partial charge is 0.319 e. The Kier molecular flexibility index (Phi) is 5.54. The van der Waals surface area contributed by atoms with E-state index >= 15 is 4.39 Å². The van der Waals surface area contributed by atoms with Gasteiger partial charge in [-0.3, -0.25) is 0 Å². The van der Waals surface area contributed by atoms with Gasteiger partial charge in [-0.25, -0.2) is 14.1 Å². The maximum atomic E-state index is 16.4. The molecule has 2 aliphatic heterocycles. The zero-order chi connectivity index (χ0) is 25.6. The third-order valence-corrected chi connectivity index (χ3v) is 7.44. The van der Waals surface area contributed by atoms with Crippen LogP contribution in [-0.4, -0.2) is 61.6 Å². The van der Waals surface area contributed by atoms with Gasteiger partial charge in [0.05, 0.1) is 6.54 Å². The molecule has 2 atom stereocenters. The van der Waals surface area contributed by atoms with Gasteiger partial charge in [0, 0.05) is 36.1 Å². The second-order valence-corrected chi connectivity index (χ2v) is 9.92. The Labute approximate surface area is 217 Å². The lowest BCUT2D eigenvalue weighted by molar-refractivity contribution is 0.270. The molecule has 38 heavy (non-hydrogen) atoms. The Hall–Kier alpha value is -4.31. The van der Waals surface area contributed by atoms with Crippen LogP contribution >= 0.6 is 0 Å². The van der Waals surface area contributed by atoms with Crippen LogP contribution in [0.5, 0.6) is 11.8 Å². The van der Waals surface area contributed by atoms with Crippen LogP contribution in [0.3, 0.4) is 0 Å². The van der Waals surface area contributed by atoms with Crippen LogP contribution in [0.25, 0.3) is 32.8 Å². The van der Waals surface area contributed by atoms with Crippen molar-refractivity contribution in [1.29, 1.82) is 0 Å². The summed E-state index contributed by atoms with van der Waals surface area (Å²) in [6, 6.07) is 15.4. The Bertz CT molecular complexity index is 1630. The summed E-state index contributed by atoms with van der Waals surface area (Å²) in [5.74, 6) is 0.284. The lowest BCUT2D eigenvalue weighted by atomic mass is 9.96. The number of nitrogens with one attached hydrogen (secondary N) is 1. The zero-order valence-corrected chi connectivity index (χ0v) is 20.6. The number of phenolic OH excluding ortho intramolecular Hbond substituents is 1. The molecule has 0 aliphatic carbocycles. The van der Waals surface area contributed by atoms with Crippen LogP contribution in [0, 0.1) is 5.82 Å². The van der Waals surface area contributed by atoms with E-state index in [1.54, 1.807) is 29.2 Å². The molecule has 9 nitrogen and oxygen atoms in total. The third kappa shape index (κ3) is 4.06. The molecular weight excluding hydrogens is 485 g/mol. The predicted molar refractivity (Wildman–Crippen MR) is 142 cm³/mol. The summed E-state index contributed by atoms with van der Waals surface area (Å²) in [5, 5.41) is 20.4. The summed E-state index contributed by atoms with van der Waals surface area (Å²) < 4.78 is 23.9. The van der Waals surface area contributed by atoms with E-state index in [1.807, 2.05) is 30.3 Å². The van der Waals surface area contributed by atoms with Crippen molar-refractivity contribution in [3.8, 4) is 22.9 Å². The first-order chi connectivity index (χ1) is 18.6. The summed E-state index contributed by atoms with van der Waals surface area (Å²) in [4.78, 5) is 15.5. The number of aromatic hydroxyl groups is 1. The molecule has 2 aromatic heterocycles. The Morgan fingerprint density at radius 3 is 2.66 bits per heavy atom. The normalized spacial score (nSPS) is 18.9. The molecule has 0 amide bonds. The maximum absolute atomic E-state index is 16.4. The minimum Gasteiger partial charge on any atom is -0.508 e. The summed E-state index contributed by atoms with van der Waals surface area (Å²) >= 11 is 0. The van der Waals surface area contributed by atoms with Crippen LogP contribution in [-0.2, 0) is 6.54 Å². The monoisotopic (exact) mass is 511 g/mol. The Morgan fingerprint density at radius 1 is 1.00 bits per heavy atom. The number of hydrogen-bond acceptors (Lipinski definition) is 8.